The molecule has 0 saturated heterocycles. The molecule has 0 amide bonds. The normalized spacial score (nSPS) is 12.2. The molecule has 118 valence electrons. The predicted molar refractivity (Wildman–Crippen MR) is 51.8 cm³/mol. The molecule has 1 heterocycles. The van der Waals surface area contributed by atoms with E-state index in [1.165, 1.54) is 6.92 Å². The fraction of sp³-hybridized carbons (Fsp3) is 0.400. The summed E-state index contributed by atoms with van der Waals surface area (Å²) < 4.78 is 94.4. The molecule has 0 N–H and O–H groups in total. The first-order chi connectivity index (χ1) is 9.45. The molecule has 21 heavy (non-hydrogen) atoms. The minimum absolute atomic E-state index is 0.303. The molecular weight excluding hydrogens is 315 g/mol. The van der Waals surface area contributed by atoms with E-state index in [4.69, 9.17) is 0 Å². The fourth-order valence-electron chi connectivity index (χ4n) is 1.24. The third-order valence-corrected chi connectivity index (χ3v) is 1.94. The van der Waals surface area contributed by atoms with Crippen LogP contribution in [-0.2, 0) is 10.9 Å². The summed E-state index contributed by atoms with van der Waals surface area (Å²) in [4.78, 5) is 13.8. The second kappa shape index (κ2) is 5.74. The van der Waals surface area contributed by atoms with Crippen LogP contribution in [0.4, 0.5) is 30.7 Å². The zero-order chi connectivity index (χ0) is 16.4. The first-order valence-electron chi connectivity index (χ1n) is 5.16. The molecule has 0 aliphatic heterocycles. The Labute approximate surface area is 112 Å². The van der Waals surface area contributed by atoms with Gasteiger partial charge in [0.15, 0.2) is 11.4 Å². The van der Waals surface area contributed by atoms with Crippen molar-refractivity contribution in [2.24, 2.45) is 0 Å². The molecule has 0 saturated carbocycles. The van der Waals surface area contributed by atoms with Gasteiger partial charge in [0.2, 0.25) is 0 Å². The summed E-state index contributed by atoms with van der Waals surface area (Å²) in [6.45, 7) is 0.933. The minimum atomic E-state index is -5.42. The third-order valence-electron chi connectivity index (χ3n) is 1.94. The second-order valence-electron chi connectivity index (χ2n) is 3.44. The summed E-state index contributed by atoms with van der Waals surface area (Å²) in [6, 6.07) is -0.303. The molecule has 0 bridgehead atoms. The van der Waals surface area contributed by atoms with E-state index in [9.17, 15) is 35.5 Å². The van der Waals surface area contributed by atoms with Crippen molar-refractivity contribution in [1.29, 1.82) is 0 Å². The molecule has 0 spiro atoms. The highest BCUT2D eigenvalue weighted by Gasteiger charge is 2.40. The Bertz CT molecular complexity index is 539. The third kappa shape index (κ3) is 4.46. The summed E-state index contributed by atoms with van der Waals surface area (Å²) in [7, 11) is 0. The lowest BCUT2D eigenvalue weighted by atomic mass is 10.1. The van der Waals surface area contributed by atoms with Crippen molar-refractivity contribution >= 4 is 5.97 Å². The Balaban J connectivity index is 3.40. The Morgan fingerprint density at radius 2 is 1.81 bits per heavy atom. The maximum atomic E-state index is 13.2. The number of carbonyl (C=O) groups excluding carboxylic acids is 1. The van der Waals surface area contributed by atoms with Gasteiger partial charge < -0.3 is 9.47 Å². The van der Waals surface area contributed by atoms with E-state index in [0.29, 0.717) is 0 Å². The topological polar surface area (TPSA) is 48.4 Å². The summed E-state index contributed by atoms with van der Waals surface area (Å²) in [5.41, 5.74) is -3.39. The van der Waals surface area contributed by atoms with Crippen molar-refractivity contribution in [1.82, 2.24) is 4.98 Å². The highest BCUT2D eigenvalue weighted by atomic mass is 19.4. The summed E-state index contributed by atoms with van der Waals surface area (Å²) >= 11 is 0. The number of hydrogen-bond donors (Lipinski definition) is 0. The van der Waals surface area contributed by atoms with Crippen LogP contribution < -0.4 is 4.74 Å². The van der Waals surface area contributed by atoms with E-state index < -0.39 is 41.5 Å². The van der Waals surface area contributed by atoms with Crippen molar-refractivity contribution in [3.05, 3.63) is 23.3 Å². The van der Waals surface area contributed by atoms with Crippen LogP contribution in [0.25, 0.3) is 0 Å². The van der Waals surface area contributed by atoms with Crippen LogP contribution in [0.15, 0.2) is 6.07 Å². The number of aromatic nitrogens is 1. The Morgan fingerprint density at radius 3 is 2.24 bits per heavy atom. The predicted octanol–water partition coefficient (Wildman–Crippen LogP) is 3.31. The van der Waals surface area contributed by atoms with Crippen LogP contribution in [0.1, 0.15) is 23.0 Å². The Hall–Kier alpha value is -2.07. The van der Waals surface area contributed by atoms with Crippen molar-refractivity contribution in [2.75, 3.05) is 6.61 Å². The smallest absolute Gasteiger partial charge is 0.461 e. The van der Waals surface area contributed by atoms with Crippen molar-refractivity contribution in [3.63, 3.8) is 0 Å². The van der Waals surface area contributed by atoms with Gasteiger partial charge in [-0.3, -0.25) is 0 Å². The molecule has 0 radical (unpaired) electrons. The average molecular weight is 321 g/mol. The van der Waals surface area contributed by atoms with Gasteiger partial charge in [0.25, 0.3) is 5.95 Å². The number of hydrogen-bond acceptors (Lipinski definition) is 4. The van der Waals surface area contributed by atoms with E-state index in [-0.39, 0.29) is 12.7 Å². The number of pyridine rings is 1. The largest absolute Gasteiger partial charge is 0.573 e. The lowest BCUT2D eigenvalue weighted by molar-refractivity contribution is -0.276. The summed E-state index contributed by atoms with van der Waals surface area (Å²) in [5.74, 6) is -5.45. The first kappa shape index (κ1) is 17.0. The maximum absolute atomic E-state index is 13.2. The molecule has 1 aromatic rings. The minimum Gasteiger partial charge on any atom is -0.461 e. The highest BCUT2D eigenvalue weighted by Crippen LogP contribution is 2.36. The van der Waals surface area contributed by atoms with E-state index >= 15 is 0 Å². The van der Waals surface area contributed by atoms with Crippen molar-refractivity contribution in [2.45, 2.75) is 19.5 Å². The quantitative estimate of drug-likeness (QED) is 0.487. The summed E-state index contributed by atoms with van der Waals surface area (Å²) in [6.07, 6.45) is -10.7. The van der Waals surface area contributed by atoms with Gasteiger partial charge in [0, 0.05) is 0 Å². The van der Waals surface area contributed by atoms with Crippen molar-refractivity contribution in [3.8, 4) is 5.75 Å². The van der Waals surface area contributed by atoms with Gasteiger partial charge in [-0.15, -0.1) is 13.2 Å². The summed E-state index contributed by atoms with van der Waals surface area (Å²) in [5, 5.41) is 0. The average Bonchev–Trinajstić information content (AvgIpc) is 2.28. The van der Waals surface area contributed by atoms with Gasteiger partial charge in [-0.05, 0) is 13.0 Å². The number of carbonyl (C=O) groups is 1. The van der Waals surface area contributed by atoms with Gasteiger partial charge in [-0.25, -0.2) is 9.78 Å². The van der Waals surface area contributed by atoms with Crippen LogP contribution in [0, 0.1) is 5.95 Å². The molecule has 0 aromatic carbocycles. The zero-order valence-corrected chi connectivity index (χ0v) is 10.1. The van der Waals surface area contributed by atoms with E-state index in [2.05, 4.69) is 14.5 Å². The maximum Gasteiger partial charge on any atom is 0.573 e. The van der Waals surface area contributed by atoms with Crippen LogP contribution in [0.2, 0.25) is 0 Å². The van der Waals surface area contributed by atoms with Crippen LogP contribution in [0.5, 0.6) is 5.75 Å². The van der Waals surface area contributed by atoms with Gasteiger partial charge >= 0.3 is 18.5 Å². The number of alkyl halides is 6. The molecule has 4 nitrogen and oxygen atoms in total. The van der Waals surface area contributed by atoms with E-state index in [0.717, 1.165) is 0 Å². The number of esters is 1. The van der Waals surface area contributed by atoms with Crippen LogP contribution >= 0.6 is 0 Å². The SMILES string of the molecule is CCOC(=O)c1nc(F)c(OC(F)(F)F)cc1C(F)(F)F. The zero-order valence-electron chi connectivity index (χ0n) is 10.1. The molecule has 0 fully saturated rings. The Morgan fingerprint density at radius 1 is 1.24 bits per heavy atom. The van der Waals surface area contributed by atoms with Gasteiger partial charge in [0.1, 0.15) is 0 Å². The van der Waals surface area contributed by atoms with Gasteiger partial charge in [0.05, 0.1) is 12.2 Å². The number of nitrogens with zero attached hydrogens (tertiary/aromatic N) is 1. The fourth-order valence-corrected chi connectivity index (χ4v) is 1.24. The molecule has 0 aliphatic rings. The molecule has 0 unspecified atom stereocenters. The van der Waals surface area contributed by atoms with Crippen LogP contribution in [0.3, 0.4) is 0 Å². The van der Waals surface area contributed by atoms with Gasteiger partial charge in [-0.2, -0.15) is 17.6 Å². The standard InChI is InChI=1S/C10H6F7NO3/c1-2-20-8(19)6-4(9(12,13)14)3-5(7(11)18-6)21-10(15,16)17/h3H,2H2,1H3. The molecular formula is C10H6F7NO3. The molecule has 0 atom stereocenters. The second-order valence-corrected chi connectivity index (χ2v) is 3.44. The molecule has 1 aromatic heterocycles. The van der Waals surface area contributed by atoms with E-state index in [1.54, 1.807) is 0 Å². The number of rotatable bonds is 3. The first-order valence-corrected chi connectivity index (χ1v) is 5.16. The molecule has 1 rings (SSSR count). The number of halogens is 7. The van der Waals surface area contributed by atoms with Gasteiger partial charge in [-0.1, -0.05) is 0 Å². The molecule has 0 aliphatic carbocycles. The van der Waals surface area contributed by atoms with Crippen molar-refractivity contribution < 1.29 is 45.0 Å². The number of ether oxygens (including phenoxy) is 2. The van der Waals surface area contributed by atoms with E-state index in [1.807, 2.05) is 0 Å². The highest BCUT2D eigenvalue weighted by molar-refractivity contribution is 5.89. The van der Waals surface area contributed by atoms with Crippen LogP contribution in [-0.4, -0.2) is 23.9 Å². The molecule has 11 heteroatoms. The monoisotopic (exact) mass is 321 g/mol. The lowest BCUT2D eigenvalue weighted by Crippen LogP contribution is -2.22. The lowest BCUT2D eigenvalue weighted by Gasteiger charge is -2.15. The Kier molecular flexibility index (Phi) is 4.64.